The molecule has 0 aliphatic carbocycles. The molecule has 2 heterocycles. The maximum Gasteiger partial charge on any atom is 0.275 e. The van der Waals surface area contributed by atoms with E-state index in [0.717, 1.165) is 37.6 Å². The largest absolute Gasteiger partial charge is 0.340 e. The fourth-order valence-corrected chi connectivity index (χ4v) is 3.92. The number of hydrogen-bond acceptors (Lipinski definition) is 5. The molecule has 1 saturated heterocycles. The van der Waals surface area contributed by atoms with Crippen molar-refractivity contribution in [3.05, 3.63) is 45.9 Å². The van der Waals surface area contributed by atoms with E-state index in [1.165, 1.54) is 29.9 Å². The van der Waals surface area contributed by atoms with Gasteiger partial charge in [-0.15, -0.1) is 5.10 Å². The highest BCUT2D eigenvalue weighted by Crippen LogP contribution is 2.19. The zero-order valence-corrected chi connectivity index (χ0v) is 16.0. The summed E-state index contributed by atoms with van der Waals surface area (Å²) in [5.41, 5.74) is 1.76. The minimum atomic E-state index is -0.0352. The Morgan fingerprint density at radius 3 is 2.92 bits per heavy atom. The molecular formula is C18H23ClN4OS. The van der Waals surface area contributed by atoms with Crippen molar-refractivity contribution in [2.75, 3.05) is 33.2 Å². The first-order valence-corrected chi connectivity index (χ1v) is 9.82. The molecule has 0 spiro atoms. The third-order valence-electron chi connectivity index (χ3n) is 4.69. The third kappa shape index (κ3) is 5.23. The van der Waals surface area contributed by atoms with Crippen molar-refractivity contribution in [1.82, 2.24) is 19.4 Å². The Labute approximate surface area is 157 Å². The number of carbonyl (C=O) groups is 1. The number of nitrogens with zero attached hydrogens (tertiary/aromatic N) is 4. The smallest absolute Gasteiger partial charge is 0.275 e. The molecule has 0 radical (unpaired) electrons. The number of benzene rings is 1. The van der Waals surface area contributed by atoms with Gasteiger partial charge in [0.05, 0.1) is 0 Å². The van der Waals surface area contributed by atoms with Crippen LogP contribution in [0.2, 0.25) is 5.02 Å². The summed E-state index contributed by atoms with van der Waals surface area (Å²) < 4.78 is 3.77. The predicted octanol–water partition coefficient (Wildman–Crippen LogP) is 3.22. The lowest BCUT2D eigenvalue weighted by atomic mass is 9.97. The molecule has 7 heteroatoms. The van der Waals surface area contributed by atoms with E-state index in [9.17, 15) is 4.79 Å². The Kier molecular flexibility index (Phi) is 6.39. The summed E-state index contributed by atoms with van der Waals surface area (Å²) in [5, 5.41) is 6.36. The minimum Gasteiger partial charge on any atom is -0.340 e. The van der Waals surface area contributed by atoms with E-state index >= 15 is 0 Å². The highest BCUT2D eigenvalue weighted by molar-refractivity contribution is 7.03. The van der Waals surface area contributed by atoms with Crippen molar-refractivity contribution < 1.29 is 4.79 Å². The Hall–Kier alpha value is -1.50. The van der Waals surface area contributed by atoms with Crippen LogP contribution < -0.4 is 0 Å². The second-order valence-electron chi connectivity index (χ2n) is 6.66. The Balaban J connectivity index is 1.47. The first kappa shape index (κ1) is 18.3. The maximum absolute atomic E-state index is 12.3. The molecule has 1 aromatic heterocycles. The average Bonchev–Trinajstić information content (AvgIpc) is 3.15. The molecule has 5 nitrogen and oxygen atoms in total. The number of rotatable bonds is 6. The van der Waals surface area contributed by atoms with Crippen molar-refractivity contribution in [2.24, 2.45) is 5.92 Å². The van der Waals surface area contributed by atoms with E-state index in [-0.39, 0.29) is 5.91 Å². The third-order valence-corrected chi connectivity index (χ3v) is 5.45. The van der Waals surface area contributed by atoms with Crippen LogP contribution in [0, 0.1) is 5.92 Å². The van der Waals surface area contributed by atoms with Crippen molar-refractivity contribution in [1.29, 1.82) is 0 Å². The summed E-state index contributed by atoms with van der Waals surface area (Å²) in [4.78, 5) is 16.6. The highest BCUT2D eigenvalue weighted by atomic mass is 35.5. The molecule has 134 valence electrons. The molecule has 1 aromatic carbocycles. The van der Waals surface area contributed by atoms with Gasteiger partial charge in [0.15, 0.2) is 5.69 Å². The molecule has 0 N–H and O–H groups in total. The number of likely N-dealkylation sites (tertiary alicyclic amines) is 1. The molecule has 0 bridgehead atoms. The second-order valence-corrected chi connectivity index (χ2v) is 7.71. The number of aromatic nitrogens is 2. The maximum atomic E-state index is 12.3. The summed E-state index contributed by atoms with van der Waals surface area (Å²) in [6.45, 7) is 4.00. The van der Waals surface area contributed by atoms with Gasteiger partial charge in [-0.05, 0) is 61.0 Å². The second kappa shape index (κ2) is 8.74. The summed E-state index contributed by atoms with van der Waals surface area (Å²) in [7, 11) is 1.86. The van der Waals surface area contributed by atoms with Crippen molar-refractivity contribution in [2.45, 2.75) is 19.3 Å². The fourth-order valence-electron chi connectivity index (χ4n) is 3.37. The van der Waals surface area contributed by atoms with Gasteiger partial charge < -0.3 is 9.80 Å². The Morgan fingerprint density at radius 2 is 2.20 bits per heavy atom. The lowest BCUT2D eigenvalue weighted by molar-refractivity contribution is 0.0725. The van der Waals surface area contributed by atoms with Gasteiger partial charge in [0.2, 0.25) is 0 Å². The highest BCUT2D eigenvalue weighted by Gasteiger charge is 2.23. The molecule has 25 heavy (non-hydrogen) atoms. The van der Waals surface area contributed by atoms with Crippen molar-refractivity contribution >= 4 is 29.0 Å². The van der Waals surface area contributed by atoms with Crippen LogP contribution in [0.15, 0.2) is 29.6 Å². The van der Waals surface area contributed by atoms with Gasteiger partial charge in [-0.2, -0.15) is 0 Å². The molecular weight excluding hydrogens is 356 g/mol. The lowest BCUT2D eigenvalue weighted by Gasteiger charge is -2.34. The number of piperidine rings is 1. The van der Waals surface area contributed by atoms with E-state index in [1.807, 2.05) is 19.2 Å². The van der Waals surface area contributed by atoms with Gasteiger partial charge in [-0.25, -0.2) is 0 Å². The quantitative estimate of drug-likeness (QED) is 0.774. The molecule has 1 aliphatic rings. The van der Waals surface area contributed by atoms with Gasteiger partial charge in [0.1, 0.15) is 0 Å². The first-order valence-electron chi connectivity index (χ1n) is 8.61. The summed E-state index contributed by atoms with van der Waals surface area (Å²) >= 11 is 7.15. The summed E-state index contributed by atoms with van der Waals surface area (Å²) in [6.07, 6.45) is 3.39. The van der Waals surface area contributed by atoms with Crippen LogP contribution in [0.3, 0.4) is 0 Å². The van der Waals surface area contributed by atoms with E-state index in [1.54, 1.807) is 10.3 Å². The molecule has 1 aliphatic heterocycles. The number of halogens is 1. The molecule has 1 atom stereocenters. The monoisotopic (exact) mass is 378 g/mol. The van der Waals surface area contributed by atoms with Crippen LogP contribution in [-0.2, 0) is 6.42 Å². The van der Waals surface area contributed by atoms with E-state index in [4.69, 9.17) is 11.6 Å². The number of carbonyl (C=O) groups excluding carboxylic acids is 1. The number of hydrogen-bond donors (Lipinski definition) is 0. The van der Waals surface area contributed by atoms with Crippen LogP contribution in [-0.4, -0.2) is 58.5 Å². The van der Waals surface area contributed by atoms with E-state index < -0.39 is 0 Å². The van der Waals surface area contributed by atoms with Gasteiger partial charge in [0.25, 0.3) is 5.91 Å². The SMILES string of the molecule is CN(C[C@H]1CCCN(CCc2ccc(Cl)cc2)C1)C(=O)c1csnn1. The van der Waals surface area contributed by atoms with Gasteiger partial charge in [-0.3, -0.25) is 4.79 Å². The van der Waals surface area contributed by atoms with Crippen LogP contribution >= 0.6 is 23.1 Å². The lowest BCUT2D eigenvalue weighted by Crippen LogP contribution is -2.42. The Bertz CT molecular complexity index is 677. The van der Waals surface area contributed by atoms with E-state index in [2.05, 4.69) is 26.6 Å². The first-order chi connectivity index (χ1) is 12.1. The van der Waals surface area contributed by atoms with Gasteiger partial charge in [-0.1, -0.05) is 28.2 Å². The zero-order chi connectivity index (χ0) is 17.6. The predicted molar refractivity (Wildman–Crippen MR) is 101 cm³/mol. The van der Waals surface area contributed by atoms with Crippen LogP contribution in [0.25, 0.3) is 0 Å². The summed E-state index contributed by atoms with van der Waals surface area (Å²) in [6, 6.07) is 8.09. The Morgan fingerprint density at radius 1 is 1.40 bits per heavy atom. The molecule has 1 fully saturated rings. The number of amides is 1. The molecule has 0 saturated carbocycles. The normalized spacial score (nSPS) is 18.2. The molecule has 2 aromatic rings. The molecule has 1 amide bonds. The average molecular weight is 379 g/mol. The van der Waals surface area contributed by atoms with Crippen molar-refractivity contribution in [3.63, 3.8) is 0 Å². The fraction of sp³-hybridized carbons (Fsp3) is 0.500. The van der Waals surface area contributed by atoms with Crippen LogP contribution in [0.5, 0.6) is 0 Å². The molecule has 3 rings (SSSR count). The summed E-state index contributed by atoms with van der Waals surface area (Å²) in [5.74, 6) is 0.478. The minimum absolute atomic E-state index is 0.0352. The van der Waals surface area contributed by atoms with Gasteiger partial charge in [0, 0.05) is 37.1 Å². The van der Waals surface area contributed by atoms with Crippen molar-refractivity contribution in [3.8, 4) is 0 Å². The zero-order valence-electron chi connectivity index (χ0n) is 14.4. The van der Waals surface area contributed by atoms with Crippen LogP contribution in [0.4, 0.5) is 0 Å². The topological polar surface area (TPSA) is 49.3 Å². The van der Waals surface area contributed by atoms with E-state index in [0.29, 0.717) is 11.6 Å². The molecule has 0 unspecified atom stereocenters. The van der Waals surface area contributed by atoms with Gasteiger partial charge >= 0.3 is 0 Å². The van der Waals surface area contributed by atoms with Crippen LogP contribution in [0.1, 0.15) is 28.9 Å². The standard InChI is InChI=1S/C18H23ClN4OS/c1-22(18(24)17-13-25-21-20-17)11-15-3-2-9-23(12-15)10-8-14-4-6-16(19)7-5-14/h4-7,13,15H,2-3,8-12H2,1H3/t15-/m1/s1.